The molecule has 1 heterocycles. The van der Waals surface area contributed by atoms with Gasteiger partial charge in [-0.15, -0.1) is 0 Å². The summed E-state index contributed by atoms with van der Waals surface area (Å²) in [6, 6.07) is 1.33. The van der Waals surface area contributed by atoms with Crippen LogP contribution in [-0.4, -0.2) is 59.3 Å². The van der Waals surface area contributed by atoms with E-state index in [0.717, 1.165) is 12.5 Å². The molecule has 0 spiro atoms. The van der Waals surface area contributed by atoms with Gasteiger partial charge in [0, 0.05) is 38.3 Å². The van der Waals surface area contributed by atoms with Gasteiger partial charge >= 0.3 is 0 Å². The minimum atomic E-state index is -0.0602. The van der Waals surface area contributed by atoms with Crippen LogP contribution in [-0.2, 0) is 0 Å². The molecule has 3 heteroatoms. The molecule has 0 radical (unpaired) electrons. The second kappa shape index (κ2) is 6.55. The summed E-state index contributed by atoms with van der Waals surface area (Å²) in [5.74, 6) is 0. The van der Waals surface area contributed by atoms with Gasteiger partial charge in [-0.05, 0) is 25.7 Å². The lowest BCUT2D eigenvalue weighted by atomic mass is 9.90. The van der Waals surface area contributed by atoms with Gasteiger partial charge in [-0.2, -0.15) is 0 Å². The van der Waals surface area contributed by atoms with Crippen molar-refractivity contribution in [2.45, 2.75) is 76.0 Å². The zero-order chi connectivity index (χ0) is 13.1. The topological polar surface area (TPSA) is 26.7 Å². The predicted octanol–water partition coefficient (Wildman–Crippen LogP) is 2.24. The van der Waals surface area contributed by atoms with Gasteiger partial charge in [0.25, 0.3) is 0 Å². The van der Waals surface area contributed by atoms with Crippen molar-refractivity contribution in [3.63, 3.8) is 0 Å². The minimum Gasteiger partial charge on any atom is -0.391 e. The van der Waals surface area contributed by atoms with E-state index in [1.165, 1.54) is 77.5 Å². The van der Waals surface area contributed by atoms with Crippen LogP contribution in [0.25, 0.3) is 0 Å². The normalized spacial score (nSPS) is 36.5. The lowest BCUT2D eigenvalue weighted by Gasteiger charge is -2.45. The van der Waals surface area contributed by atoms with Gasteiger partial charge in [-0.1, -0.05) is 32.1 Å². The fourth-order valence-electron chi connectivity index (χ4n) is 4.40. The van der Waals surface area contributed by atoms with Crippen LogP contribution in [0, 0.1) is 0 Å². The average Bonchev–Trinajstić information content (AvgIpc) is 2.49. The Kier molecular flexibility index (Phi) is 4.78. The smallest absolute Gasteiger partial charge is 0.0695 e. The summed E-state index contributed by atoms with van der Waals surface area (Å²) in [5.41, 5.74) is 0. The molecule has 1 N–H and O–H groups in total. The average molecular weight is 266 g/mol. The molecule has 1 aliphatic heterocycles. The van der Waals surface area contributed by atoms with Gasteiger partial charge in [0.05, 0.1) is 6.10 Å². The first-order valence-corrected chi connectivity index (χ1v) is 8.51. The number of nitrogens with zero attached hydrogens (tertiary/aromatic N) is 2. The van der Waals surface area contributed by atoms with Crippen LogP contribution in [0.15, 0.2) is 0 Å². The van der Waals surface area contributed by atoms with Gasteiger partial charge in [-0.25, -0.2) is 0 Å². The third-order valence-corrected chi connectivity index (χ3v) is 5.60. The molecule has 110 valence electrons. The van der Waals surface area contributed by atoms with Gasteiger partial charge in [0.1, 0.15) is 0 Å². The van der Waals surface area contributed by atoms with Crippen molar-refractivity contribution in [2.75, 3.05) is 26.2 Å². The molecule has 3 fully saturated rings. The van der Waals surface area contributed by atoms with Gasteiger partial charge in [0.15, 0.2) is 0 Å². The molecule has 0 aromatic heterocycles. The third kappa shape index (κ3) is 3.32. The Hall–Kier alpha value is -0.120. The number of aliphatic hydroxyl groups excluding tert-OH is 1. The number of piperazine rings is 1. The first-order valence-electron chi connectivity index (χ1n) is 8.51. The lowest BCUT2D eigenvalue weighted by Crippen LogP contribution is -2.56. The highest BCUT2D eigenvalue weighted by molar-refractivity contribution is 4.88. The van der Waals surface area contributed by atoms with Crippen LogP contribution in [0.3, 0.4) is 0 Å². The summed E-state index contributed by atoms with van der Waals surface area (Å²) in [6.45, 7) is 4.82. The maximum Gasteiger partial charge on any atom is 0.0695 e. The van der Waals surface area contributed by atoms with Crippen molar-refractivity contribution in [3.05, 3.63) is 0 Å². The first kappa shape index (κ1) is 13.8. The van der Waals surface area contributed by atoms with Crippen LogP contribution >= 0.6 is 0 Å². The third-order valence-electron chi connectivity index (χ3n) is 5.60. The second-order valence-corrected chi connectivity index (χ2v) is 6.78. The van der Waals surface area contributed by atoms with E-state index in [2.05, 4.69) is 9.80 Å². The summed E-state index contributed by atoms with van der Waals surface area (Å²) < 4.78 is 0. The van der Waals surface area contributed by atoms with Crippen LogP contribution in [0.2, 0.25) is 0 Å². The van der Waals surface area contributed by atoms with E-state index in [9.17, 15) is 5.11 Å². The van der Waals surface area contributed by atoms with Crippen molar-refractivity contribution in [3.8, 4) is 0 Å². The molecule has 0 aromatic carbocycles. The monoisotopic (exact) mass is 266 g/mol. The van der Waals surface area contributed by atoms with E-state index in [4.69, 9.17) is 0 Å². The van der Waals surface area contributed by atoms with Crippen LogP contribution < -0.4 is 0 Å². The second-order valence-electron chi connectivity index (χ2n) is 6.78. The summed E-state index contributed by atoms with van der Waals surface area (Å²) in [5, 5.41) is 10.2. The molecular formula is C16H30N2O. The first-order chi connectivity index (χ1) is 9.34. The summed E-state index contributed by atoms with van der Waals surface area (Å²) >= 11 is 0. The molecule has 19 heavy (non-hydrogen) atoms. The Labute approximate surface area is 118 Å². The van der Waals surface area contributed by atoms with Crippen LogP contribution in [0.5, 0.6) is 0 Å². The van der Waals surface area contributed by atoms with Gasteiger partial charge < -0.3 is 5.11 Å². The molecule has 0 bridgehead atoms. The lowest BCUT2D eigenvalue weighted by molar-refractivity contribution is -0.0136. The molecule has 0 aromatic rings. The van der Waals surface area contributed by atoms with E-state index < -0.39 is 0 Å². The summed E-state index contributed by atoms with van der Waals surface area (Å²) in [4.78, 5) is 5.30. The largest absolute Gasteiger partial charge is 0.391 e. The Morgan fingerprint density at radius 2 is 1.21 bits per heavy atom. The Bertz CT molecular complexity index is 270. The fraction of sp³-hybridized carbons (Fsp3) is 1.00. The van der Waals surface area contributed by atoms with E-state index in [1.54, 1.807) is 0 Å². The highest BCUT2D eigenvalue weighted by atomic mass is 16.3. The van der Waals surface area contributed by atoms with Crippen molar-refractivity contribution < 1.29 is 5.11 Å². The standard InChI is InChI=1S/C16H30N2O/c19-16-9-5-4-8-15(16)18-12-10-17(11-13-18)14-6-2-1-3-7-14/h14-16,19H,1-13H2. The zero-order valence-corrected chi connectivity index (χ0v) is 12.3. The SMILES string of the molecule is OC1CCCCC1N1CCN(C2CCCCC2)CC1. The molecule has 3 nitrogen and oxygen atoms in total. The summed E-state index contributed by atoms with van der Waals surface area (Å²) in [7, 11) is 0. The van der Waals surface area contributed by atoms with Gasteiger partial charge in [-0.3, -0.25) is 9.80 Å². The van der Waals surface area contributed by atoms with Crippen LogP contribution in [0.4, 0.5) is 0 Å². The Balaban J connectivity index is 1.48. The number of hydrogen-bond donors (Lipinski definition) is 1. The molecular weight excluding hydrogens is 236 g/mol. The number of hydrogen-bond acceptors (Lipinski definition) is 3. The van der Waals surface area contributed by atoms with E-state index in [0.29, 0.717) is 6.04 Å². The van der Waals surface area contributed by atoms with Crippen molar-refractivity contribution in [2.24, 2.45) is 0 Å². The highest BCUT2D eigenvalue weighted by Gasteiger charge is 2.32. The maximum atomic E-state index is 10.2. The number of aliphatic hydroxyl groups is 1. The molecule has 2 aliphatic carbocycles. The van der Waals surface area contributed by atoms with Crippen molar-refractivity contribution in [1.82, 2.24) is 9.80 Å². The molecule has 2 unspecified atom stereocenters. The van der Waals surface area contributed by atoms with Crippen molar-refractivity contribution >= 4 is 0 Å². The van der Waals surface area contributed by atoms with Crippen molar-refractivity contribution in [1.29, 1.82) is 0 Å². The zero-order valence-electron chi connectivity index (χ0n) is 12.3. The van der Waals surface area contributed by atoms with Gasteiger partial charge in [0.2, 0.25) is 0 Å². The molecule has 2 saturated carbocycles. The van der Waals surface area contributed by atoms with Crippen LogP contribution in [0.1, 0.15) is 57.8 Å². The van der Waals surface area contributed by atoms with E-state index in [1.807, 2.05) is 0 Å². The van der Waals surface area contributed by atoms with E-state index in [-0.39, 0.29) is 6.10 Å². The maximum absolute atomic E-state index is 10.2. The molecule has 1 saturated heterocycles. The van der Waals surface area contributed by atoms with E-state index >= 15 is 0 Å². The quantitative estimate of drug-likeness (QED) is 0.830. The molecule has 2 atom stereocenters. The number of rotatable bonds is 2. The molecule has 0 amide bonds. The Morgan fingerprint density at radius 1 is 0.632 bits per heavy atom. The molecule has 3 aliphatic rings. The molecule has 3 rings (SSSR count). The highest BCUT2D eigenvalue weighted by Crippen LogP contribution is 2.27. The fourth-order valence-corrected chi connectivity index (χ4v) is 4.40. The minimum absolute atomic E-state index is 0.0602. The summed E-state index contributed by atoms with van der Waals surface area (Å²) in [6.07, 6.45) is 11.9. The predicted molar refractivity (Wildman–Crippen MR) is 78.3 cm³/mol. The Morgan fingerprint density at radius 3 is 1.89 bits per heavy atom.